The maximum atomic E-state index is 13.5. The molecule has 164 valence electrons. The van der Waals surface area contributed by atoms with E-state index in [0.29, 0.717) is 35.9 Å². The Morgan fingerprint density at radius 1 is 1.32 bits per heavy atom. The van der Waals surface area contributed by atoms with E-state index in [1.807, 2.05) is 0 Å². The highest BCUT2D eigenvalue weighted by Crippen LogP contribution is 2.32. The van der Waals surface area contributed by atoms with Crippen LogP contribution in [0.5, 0.6) is 0 Å². The highest BCUT2D eigenvalue weighted by atomic mass is 19.1. The predicted molar refractivity (Wildman–Crippen MR) is 114 cm³/mol. The second kappa shape index (κ2) is 8.16. The molecule has 5 rings (SSSR count). The quantitative estimate of drug-likeness (QED) is 0.681. The number of nitrogens with zero attached hydrogens (tertiary/aromatic N) is 4. The molecule has 0 saturated carbocycles. The Hall–Kier alpha value is -2.58. The van der Waals surface area contributed by atoms with Crippen LogP contribution in [0.15, 0.2) is 27.5 Å². The molecule has 0 amide bonds. The van der Waals surface area contributed by atoms with Crippen molar-refractivity contribution < 1.29 is 23.6 Å². The second-order valence-electron chi connectivity index (χ2n) is 8.01. The summed E-state index contributed by atoms with van der Waals surface area (Å²) in [6.07, 6.45) is -2.75. The average Bonchev–Trinajstić information content (AvgIpc) is 3.26. The predicted octanol–water partition coefficient (Wildman–Crippen LogP) is 3.08. The zero-order chi connectivity index (χ0) is 27.6. The van der Waals surface area contributed by atoms with Crippen LogP contribution in [0.4, 0.5) is 4.39 Å². The van der Waals surface area contributed by atoms with Crippen LogP contribution < -0.4 is 5.56 Å². The van der Waals surface area contributed by atoms with Crippen LogP contribution >= 0.6 is 0 Å². The Kier molecular flexibility index (Phi) is 3.62. The van der Waals surface area contributed by atoms with Gasteiger partial charge in [0, 0.05) is 51.3 Å². The van der Waals surface area contributed by atoms with Gasteiger partial charge < -0.3 is 14.5 Å². The van der Waals surface area contributed by atoms with Gasteiger partial charge in [0.1, 0.15) is 17.7 Å². The van der Waals surface area contributed by atoms with Crippen LogP contribution in [0.1, 0.15) is 70.1 Å². The third-order valence-corrected chi connectivity index (χ3v) is 6.04. The van der Waals surface area contributed by atoms with Crippen molar-refractivity contribution in [3.8, 4) is 0 Å². The molecule has 2 aliphatic heterocycles. The maximum Gasteiger partial charge on any atom is 0.257 e. The molecular formula is C23H27FN4O3. The summed E-state index contributed by atoms with van der Waals surface area (Å²) in [5, 5.41) is 15.0. The van der Waals surface area contributed by atoms with Gasteiger partial charge in [0.05, 0.1) is 5.69 Å². The Morgan fingerprint density at radius 2 is 2.16 bits per heavy atom. The minimum Gasteiger partial charge on any atom is -0.385 e. The lowest BCUT2D eigenvalue weighted by atomic mass is 9.91. The SMILES string of the molecule is [2H]C([2H])([2H])c1nc2n(c(=O)c1C([2H])([2H])C([2H])([2H])N1CCC(c3noc4cc(F)ccc34)CC1)CCCC2O. The number of likely N-dealkylation sites (tertiary alicyclic amines) is 1. The fourth-order valence-corrected chi connectivity index (χ4v) is 4.35. The summed E-state index contributed by atoms with van der Waals surface area (Å²) < 4.78 is 78.6. The van der Waals surface area contributed by atoms with Crippen molar-refractivity contribution in [2.75, 3.05) is 19.6 Å². The summed E-state index contributed by atoms with van der Waals surface area (Å²) >= 11 is 0. The third kappa shape index (κ3) is 3.78. The molecule has 1 N–H and O–H groups in total. The monoisotopic (exact) mass is 433 g/mol. The summed E-state index contributed by atoms with van der Waals surface area (Å²) in [6.45, 7) is -5.48. The molecule has 4 heterocycles. The number of halogens is 1. The van der Waals surface area contributed by atoms with E-state index in [2.05, 4.69) is 10.1 Å². The van der Waals surface area contributed by atoms with Crippen molar-refractivity contribution in [3.63, 3.8) is 0 Å². The highest BCUT2D eigenvalue weighted by molar-refractivity contribution is 5.79. The van der Waals surface area contributed by atoms with E-state index < -0.39 is 48.5 Å². The lowest BCUT2D eigenvalue weighted by Crippen LogP contribution is -2.37. The minimum absolute atomic E-state index is 0.0915. The van der Waals surface area contributed by atoms with Crippen molar-refractivity contribution in [3.05, 3.63) is 57.1 Å². The van der Waals surface area contributed by atoms with Crippen molar-refractivity contribution >= 4 is 11.0 Å². The molecule has 0 spiro atoms. The molecular weight excluding hydrogens is 399 g/mol. The molecule has 1 saturated heterocycles. The highest BCUT2D eigenvalue weighted by Gasteiger charge is 2.26. The number of fused-ring (bicyclic) bond motifs is 2. The molecule has 0 radical (unpaired) electrons. The van der Waals surface area contributed by atoms with Crippen molar-refractivity contribution in [1.29, 1.82) is 0 Å². The van der Waals surface area contributed by atoms with Gasteiger partial charge in [-0.15, -0.1) is 0 Å². The molecule has 1 aromatic carbocycles. The minimum atomic E-state index is -3.05. The van der Waals surface area contributed by atoms with Gasteiger partial charge >= 0.3 is 0 Å². The zero-order valence-corrected chi connectivity index (χ0v) is 16.8. The molecule has 1 fully saturated rings. The van der Waals surface area contributed by atoms with Gasteiger partial charge in [-0.05, 0) is 64.1 Å². The smallest absolute Gasteiger partial charge is 0.257 e. The van der Waals surface area contributed by atoms with Gasteiger partial charge in [-0.25, -0.2) is 9.37 Å². The van der Waals surface area contributed by atoms with Crippen LogP contribution in [0.2, 0.25) is 0 Å². The summed E-state index contributed by atoms with van der Waals surface area (Å²) in [7, 11) is 0. The molecule has 3 aromatic rings. The number of aromatic nitrogens is 3. The Balaban J connectivity index is 1.47. The first-order valence-electron chi connectivity index (χ1n) is 13.9. The zero-order valence-electron chi connectivity index (χ0n) is 23.8. The average molecular weight is 434 g/mol. The van der Waals surface area contributed by atoms with Gasteiger partial charge in [-0.3, -0.25) is 9.36 Å². The summed E-state index contributed by atoms with van der Waals surface area (Å²) in [6, 6.07) is 4.11. The first-order chi connectivity index (χ1) is 17.7. The summed E-state index contributed by atoms with van der Waals surface area (Å²) in [4.78, 5) is 18.7. The van der Waals surface area contributed by atoms with E-state index in [0.717, 1.165) is 4.57 Å². The van der Waals surface area contributed by atoms with Gasteiger partial charge in [-0.2, -0.15) is 0 Å². The van der Waals surface area contributed by atoms with Gasteiger partial charge in [0.15, 0.2) is 5.58 Å². The van der Waals surface area contributed by atoms with Gasteiger partial charge in [0.2, 0.25) is 0 Å². The second-order valence-corrected chi connectivity index (χ2v) is 8.01. The number of benzene rings is 1. The molecule has 2 aromatic heterocycles. The number of aliphatic hydroxyl groups excluding tert-OH is 1. The Labute approximate surface area is 189 Å². The number of hydrogen-bond acceptors (Lipinski definition) is 6. The lowest BCUT2D eigenvalue weighted by molar-refractivity contribution is 0.129. The maximum absolute atomic E-state index is 13.5. The molecule has 0 aliphatic carbocycles. The molecule has 8 heteroatoms. The summed E-state index contributed by atoms with van der Waals surface area (Å²) in [5.41, 5.74) is -1.77. The standard InChI is InChI=1S/C23H27FN4O3/c1-14-17(23(30)28-9-2-3-19(29)22(28)25-14)8-12-27-10-6-15(7-11-27)21-18-5-4-16(24)13-20(18)31-26-21/h4-5,13,15,19,29H,2-3,6-12H2,1H3/i1D3,8D2,12D2. The van der Waals surface area contributed by atoms with E-state index >= 15 is 0 Å². The number of aliphatic hydroxyl groups is 1. The molecule has 7 nitrogen and oxygen atoms in total. The first-order valence-corrected chi connectivity index (χ1v) is 10.4. The largest absolute Gasteiger partial charge is 0.385 e. The van der Waals surface area contributed by atoms with Crippen LogP contribution in [-0.2, 0) is 12.9 Å². The molecule has 1 unspecified atom stereocenters. The molecule has 31 heavy (non-hydrogen) atoms. The van der Waals surface area contributed by atoms with E-state index in [4.69, 9.17) is 14.1 Å². The van der Waals surface area contributed by atoms with E-state index in [1.165, 1.54) is 17.0 Å². The number of hydrogen-bond donors (Lipinski definition) is 1. The van der Waals surface area contributed by atoms with Crippen LogP contribution in [0, 0.1) is 12.7 Å². The van der Waals surface area contributed by atoms with E-state index in [9.17, 15) is 14.3 Å². The molecule has 0 bridgehead atoms. The van der Waals surface area contributed by atoms with Gasteiger partial charge in [-0.1, -0.05) is 5.16 Å². The molecule has 1 atom stereocenters. The molecule has 2 aliphatic rings. The normalized spacial score (nSPS) is 25.0. The van der Waals surface area contributed by atoms with Crippen molar-refractivity contribution in [1.82, 2.24) is 19.6 Å². The fourth-order valence-electron chi connectivity index (χ4n) is 4.35. The van der Waals surface area contributed by atoms with Crippen LogP contribution in [0.25, 0.3) is 11.0 Å². The van der Waals surface area contributed by atoms with E-state index in [-0.39, 0.29) is 37.8 Å². The van der Waals surface area contributed by atoms with Crippen molar-refractivity contribution in [2.45, 2.75) is 57.5 Å². The lowest BCUT2D eigenvalue weighted by Gasteiger charge is -2.31. The fraction of sp³-hybridized carbons (Fsp3) is 0.522. The van der Waals surface area contributed by atoms with E-state index in [1.54, 1.807) is 6.07 Å². The number of rotatable bonds is 4. The number of piperidine rings is 1. The third-order valence-electron chi connectivity index (χ3n) is 6.04. The Bertz CT molecular complexity index is 1430. The first kappa shape index (κ1) is 13.8. The Morgan fingerprint density at radius 3 is 2.97 bits per heavy atom. The topological polar surface area (TPSA) is 84.4 Å². The summed E-state index contributed by atoms with van der Waals surface area (Å²) in [5.74, 6) is -0.743. The van der Waals surface area contributed by atoms with Crippen LogP contribution in [-0.4, -0.2) is 44.3 Å². The van der Waals surface area contributed by atoms with Crippen LogP contribution in [0.3, 0.4) is 0 Å². The van der Waals surface area contributed by atoms with Gasteiger partial charge in [0.25, 0.3) is 5.56 Å². The van der Waals surface area contributed by atoms with Crippen molar-refractivity contribution in [2.24, 2.45) is 0 Å². The number of aryl methyl sites for hydroxylation is 1.